The van der Waals surface area contributed by atoms with Gasteiger partial charge in [-0.15, -0.1) is 11.3 Å². The van der Waals surface area contributed by atoms with Gasteiger partial charge in [0, 0.05) is 25.5 Å². The van der Waals surface area contributed by atoms with Crippen LogP contribution in [-0.2, 0) is 18.3 Å². The molecule has 3 heterocycles. The van der Waals surface area contributed by atoms with Crippen LogP contribution in [0.4, 0.5) is 14.5 Å². The average Bonchev–Trinajstić information content (AvgIpc) is 3.41. The number of hydrogen-bond donors (Lipinski definition) is 1. The monoisotopic (exact) mass is 499 g/mol. The molecule has 0 saturated heterocycles. The maximum absolute atomic E-state index is 14.8. The highest BCUT2D eigenvalue weighted by molar-refractivity contribution is 7.20. The third-order valence-electron chi connectivity index (χ3n) is 5.02. The molecule has 0 fully saturated rings. The lowest BCUT2D eigenvalue weighted by Gasteiger charge is -2.11. The second kappa shape index (κ2) is 9.58. The quantitative estimate of drug-likeness (QED) is 0.291. The van der Waals surface area contributed by atoms with E-state index in [9.17, 15) is 18.4 Å². The van der Waals surface area contributed by atoms with Crippen molar-refractivity contribution in [2.24, 2.45) is 7.05 Å². The maximum atomic E-state index is 14.8. The molecule has 35 heavy (non-hydrogen) atoms. The summed E-state index contributed by atoms with van der Waals surface area (Å²) < 4.78 is 41.5. The van der Waals surface area contributed by atoms with E-state index in [1.54, 1.807) is 17.9 Å². The van der Waals surface area contributed by atoms with Crippen molar-refractivity contribution in [1.29, 1.82) is 0 Å². The highest BCUT2D eigenvalue weighted by Gasteiger charge is 2.27. The molecule has 1 amide bonds. The first-order valence-corrected chi connectivity index (χ1v) is 10.9. The zero-order chi connectivity index (χ0) is 25.3. The molecule has 12 heteroatoms. The van der Waals surface area contributed by atoms with Crippen LogP contribution >= 0.6 is 11.3 Å². The summed E-state index contributed by atoms with van der Waals surface area (Å²) in [6, 6.07) is 2.48. The Bertz CT molecular complexity index is 1450. The third-order valence-corrected chi connectivity index (χ3v) is 6.08. The van der Waals surface area contributed by atoms with Crippen molar-refractivity contribution in [3.63, 3.8) is 0 Å². The van der Waals surface area contributed by atoms with E-state index in [4.69, 9.17) is 9.47 Å². The molecule has 0 radical (unpaired) electrons. The van der Waals surface area contributed by atoms with Crippen LogP contribution < -0.4 is 14.8 Å². The van der Waals surface area contributed by atoms with Crippen LogP contribution in [0.25, 0.3) is 10.2 Å². The highest BCUT2D eigenvalue weighted by atomic mass is 32.1. The van der Waals surface area contributed by atoms with Gasteiger partial charge in [0.2, 0.25) is 11.7 Å². The molecule has 9 nitrogen and oxygen atoms in total. The van der Waals surface area contributed by atoms with Gasteiger partial charge in [0.05, 0.1) is 47.1 Å². The molecule has 0 aliphatic carbocycles. The lowest BCUT2D eigenvalue weighted by Crippen LogP contribution is -2.09. The number of thiophene rings is 1. The topological polar surface area (TPSA) is 108 Å². The van der Waals surface area contributed by atoms with Crippen LogP contribution in [0, 0.1) is 11.6 Å². The summed E-state index contributed by atoms with van der Waals surface area (Å²) in [6.07, 6.45) is 4.50. The lowest BCUT2D eigenvalue weighted by molar-refractivity contribution is -0.111. The minimum absolute atomic E-state index is 0.0660. The zero-order valence-corrected chi connectivity index (χ0v) is 19.7. The SMILES string of the molecule is C=CC(=O)Nc1cn(C)nc1Cc1ncc2sc(C(=O)c3c(F)c(OC)cc(OC)c3F)cc2n1. The highest BCUT2D eigenvalue weighted by Crippen LogP contribution is 2.34. The van der Waals surface area contributed by atoms with E-state index in [0.717, 1.165) is 23.5 Å². The zero-order valence-electron chi connectivity index (χ0n) is 18.9. The van der Waals surface area contributed by atoms with E-state index >= 15 is 0 Å². The van der Waals surface area contributed by atoms with Crippen LogP contribution in [0.5, 0.6) is 11.5 Å². The number of aromatic nitrogens is 4. The summed E-state index contributed by atoms with van der Waals surface area (Å²) >= 11 is 1.00. The average molecular weight is 499 g/mol. The fourth-order valence-electron chi connectivity index (χ4n) is 3.38. The summed E-state index contributed by atoms with van der Waals surface area (Å²) in [6.45, 7) is 3.43. The number of ketones is 1. The molecule has 0 bridgehead atoms. The van der Waals surface area contributed by atoms with Crippen molar-refractivity contribution >= 4 is 38.9 Å². The van der Waals surface area contributed by atoms with Crippen LogP contribution in [0.2, 0.25) is 0 Å². The number of aryl methyl sites for hydroxylation is 1. The van der Waals surface area contributed by atoms with E-state index in [1.165, 1.54) is 26.5 Å². The van der Waals surface area contributed by atoms with Gasteiger partial charge in [-0.2, -0.15) is 5.10 Å². The second-order valence-corrected chi connectivity index (χ2v) is 8.38. The Labute approximate surface area is 202 Å². The molecule has 0 unspecified atom stereocenters. The van der Waals surface area contributed by atoms with Gasteiger partial charge in [0.15, 0.2) is 23.1 Å². The molecule has 4 rings (SSSR count). The number of ether oxygens (including phenoxy) is 2. The Balaban J connectivity index is 1.68. The predicted molar refractivity (Wildman–Crippen MR) is 125 cm³/mol. The number of halogens is 2. The first-order valence-electron chi connectivity index (χ1n) is 10.1. The van der Waals surface area contributed by atoms with Crippen molar-refractivity contribution in [1.82, 2.24) is 19.7 Å². The largest absolute Gasteiger partial charge is 0.494 e. The number of methoxy groups -OCH3 is 2. The molecule has 0 saturated carbocycles. The van der Waals surface area contributed by atoms with Gasteiger partial charge in [-0.1, -0.05) is 6.58 Å². The number of amides is 1. The van der Waals surface area contributed by atoms with Crippen LogP contribution in [0.1, 0.15) is 26.8 Å². The fraction of sp³-hybridized carbons (Fsp3) is 0.174. The summed E-state index contributed by atoms with van der Waals surface area (Å²) in [5, 5.41) is 7.00. The number of nitrogens with one attached hydrogen (secondary N) is 1. The fourth-order valence-corrected chi connectivity index (χ4v) is 4.30. The van der Waals surface area contributed by atoms with Crippen molar-refractivity contribution in [2.45, 2.75) is 6.42 Å². The number of carbonyl (C=O) groups is 2. The number of carbonyl (C=O) groups excluding carboxylic acids is 2. The van der Waals surface area contributed by atoms with Gasteiger partial charge >= 0.3 is 0 Å². The number of hydrogen-bond acceptors (Lipinski definition) is 8. The van der Waals surface area contributed by atoms with E-state index in [2.05, 4.69) is 27.0 Å². The normalized spacial score (nSPS) is 10.9. The second-order valence-electron chi connectivity index (χ2n) is 7.29. The molecule has 0 aliphatic rings. The van der Waals surface area contributed by atoms with E-state index in [0.29, 0.717) is 27.4 Å². The van der Waals surface area contributed by atoms with Crippen molar-refractivity contribution in [3.05, 3.63) is 70.8 Å². The molecule has 0 atom stereocenters. The van der Waals surface area contributed by atoms with Gasteiger partial charge < -0.3 is 14.8 Å². The maximum Gasteiger partial charge on any atom is 0.247 e. The molecule has 0 aliphatic heterocycles. The first kappa shape index (κ1) is 24.0. The molecule has 3 aromatic heterocycles. The first-order chi connectivity index (χ1) is 16.7. The minimum atomic E-state index is -1.12. The van der Waals surface area contributed by atoms with Crippen LogP contribution in [0.15, 0.2) is 37.2 Å². The van der Waals surface area contributed by atoms with E-state index in [-0.39, 0.29) is 28.7 Å². The number of anilines is 1. The number of nitrogens with zero attached hydrogens (tertiary/aromatic N) is 4. The molecule has 4 aromatic rings. The summed E-state index contributed by atoms with van der Waals surface area (Å²) in [5.41, 5.74) is 0.657. The molecular formula is C23H19F2N5O4S. The summed E-state index contributed by atoms with van der Waals surface area (Å²) in [7, 11) is 4.12. The number of rotatable bonds is 8. The molecule has 1 aromatic carbocycles. The van der Waals surface area contributed by atoms with E-state index < -0.39 is 23.0 Å². The van der Waals surface area contributed by atoms with Crippen LogP contribution in [-0.4, -0.2) is 45.7 Å². The molecule has 1 N–H and O–H groups in total. The molecular weight excluding hydrogens is 480 g/mol. The Kier molecular flexibility index (Phi) is 6.56. The summed E-state index contributed by atoms with van der Waals surface area (Å²) in [5.74, 6) is -3.75. The Morgan fingerprint density at radius 3 is 2.51 bits per heavy atom. The van der Waals surface area contributed by atoms with Gasteiger partial charge in [-0.05, 0) is 12.1 Å². The molecule has 180 valence electrons. The molecule has 0 spiro atoms. The van der Waals surface area contributed by atoms with Crippen molar-refractivity contribution in [2.75, 3.05) is 19.5 Å². The summed E-state index contributed by atoms with van der Waals surface area (Å²) in [4.78, 5) is 33.6. The van der Waals surface area contributed by atoms with Gasteiger partial charge in [0.25, 0.3) is 0 Å². The third kappa shape index (κ3) is 4.60. The Morgan fingerprint density at radius 2 is 1.89 bits per heavy atom. The standard InChI is InChI=1S/C23H19F2N5O4S/c1-5-19(31)28-13-10-30(2)29-11(13)7-18-26-9-17-12(27-18)6-16(35-17)23(32)20-21(24)14(33-3)8-15(34-4)22(20)25/h5-6,8-10H,1,7H2,2-4H3,(H,28,31). The lowest BCUT2D eigenvalue weighted by atomic mass is 10.1. The van der Waals surface area contributed by atoms with Crippen LogP contribution in [0.3, 0.4) is 0 Å². The van der Waals surface area contributed by atoms with Crippen molar-refractivity contribution in [3.8, 4) is 11.5 Å². The Morgan fingerprint density at radius 1 is 1.20 bits per heavy atom. The minimum Gasteiger partial charge on any atom is -0.494 e. The predicted octanol–water partition coefficient (Wildman–Crippen LogP) is 3.67. The smallest absolute Gasteiger partial charge is 0.247 e. The van der Waals surface area contributed by atoms with E-state index in [1.807, 2.05) is 0 Å². The Hall–Kier alpha value is -4.19. The van der Waals surface area contributed by atoms with Gasteiger partial charge in [-0.25, -0.2) is 18.7 Å². The van der Waals surface area contributed by atoms with Crippen molar-refractivity contribution < 1.29 is 27.8 Å². The number of fused-ring (bicyclic) bond motifs is 1. The van der Waals surface area contributed by atoms with Gasteiger partial charge in [-0.3, -0.25) is 14.3 Å². The number of benzene rings is 1. The van der Waals surface area contributed by atoms with Gasteiger partial charge in [0.1, 0.15) is 11.4 Å².